The van der Waals surface area contributed by atoms with Gasteiger partial charge in [0.05, 0.1) is 9.82 Å². The highest BCUT2D eigenvalue weighted by molar-refractivity contribution is 7.90. The van der Waals surface area contributed by atoms with Gasteiger partial charge in [0.15, 0.2) is 0 Å². The van der Waals surface area contributed by atoms with E-state index in [0.29, 0.717) is 25.9 Å². The van der Waals surface area contributed by atoms with Crippen LogP contribution in [-0.2, 0) is 14.8 Å². The van der Waals surface area contributed by atoms with Gasteiger partial charge in [0, 0.05) is 48.9 Å². The summed E-state index contributed by atoms with van der Waals surface area (Å²) in [5, 5.41) is 17.2. The van der Waals surface area contributed by atoms with Gasteiger partial charge in [-0.05, 0) is 55.3 Å². The van der Waals surface area contributed by atoms with Crippen molar-refractivity contribution >= 4 is 44.8 Å². The van der Waals surface area contributed by atoms with Crippen molar-refractivity contribution in [1.82, 2.24) is 9.62 Å². The number of carbonyl (C=O) groups excluding carboxylic acids is 3. The number of nitrogens with zero attached hydrogens (tertiary/aromatic N) is 2. The molecule has 40 heavy (non-hydrogen) atoms. The standard InChI is InChI=1S/C27H27N5O7S/c33-25-11-5-15-31(25)16-6-14-28-23-13-12-20(18-24(23)32(36)37)26(34)29-21-8-4-7-19(17-21)27(35)30-40(38,39)22-9-2-1-3-10-22/h1-4,7-10,12-13,17-18,28H,5-6,11,14-16H2,(H,29,34)(H,30,35). The number of rotatable bonds is 11. The third kappa shape index (κ3) is 6.99. The van der Waals surface area contributed by atoms with Gasteiger partial charge >= 0.3 is 0 Å². The molecule has 0 unspecified atom stereocenters. The predicted molar refractivity (Wildman–Crippen MR) is 148 cm³/mol. The van der Waals surface area contributed by atoms with Gasteiger partial charge in [-0.1, -0.05) is 24.3 Å². The number of amides is 3. The van der Waals surface area contributed by atoms with Gasteiger partial charge in [-0.2, -0.15) is 0 Å². The molecule has 3 N–H and O–H groups in total. The van der Waals surface area contributed by atoms with Crippen LogP contribution in [0.5, 0.6) is 0 Å². The normalized spacial score (nSPS) is 13.1. The number of hydrogen-bond acceptors (Lipinski definition) is 8. The summed E-state index contributed by atoms with van der Waals surface area (Å²) in [5.41, 5.74) is 0.146. The second-order valence-electron chi connectivity index (χ2n) is 9.04. The minimum atomic E-state index is -4.09. The second-order valence-corrected chi connectivity index (χ2v) is 10.7. The second kappa shape index (κ2) is 12.4. The lowest BCUT2D eigenvalue weighted by Crippen LogP contribution is -2.30. The highest BCUT2D eigenvalue weighted by Gasteiger charge is 2.21. The zero-order valence-electron chi connectivity index (χ0n) is 21.3. The Balaban J connectivity index is 1.39. The van der Waals surface area contributed by atoms with E-state index in [1.165, 1.54) is 60.7 Å². The fraction of sp³-hybridized carbons (Fsp3) is 0.222. The molecule has 3 aromatic rings. The third-order valence-corrected chi connectivity index (χ3v) is 7.56. The Hall–Kier alpha value is -4.78. The molecular formula is C27H27N5O7S. The summed E-state index contributed by atoms with van der Waals surface area (Å²) in [5.74, 6) is -1.43. The summed E-state index contributed by atoms with van der Waals surface area (Å²) in [7, 11) is -4.09. The van der Waals surface area contributed by atoms with Crippen molar-refractivity contribution in [1.29, 1.82) is 0 Å². The van der Waals surface area contributed by atoms with Crippen molar-refractivity contribution in [2.24, 2.45) is 0 Å². The molecule has 1 fully saturated rings. The SMILES string of the molecule is O=C(Nc1cccc(C(=O)NS(=O)(=O)c2ccccc2)c1)c1ccc(NCCCN2CCCC2=O)c([N+](=O)[O-])c1. The van der Waals surface area contributed by atoms with Crippen LogP contribution in [-0.4, -0.2) is 55.6 Å². The minimum Gasteiger partial charge on any atom is -0.379 e. The predicted octanol–water partition coefficient (Wildman–Crippen LogP) is 3.39. The van der Waals surface area contributed by atoms with E-state index in [2.05, 4.69) is 10.6 Å². The lowest BCUT2D eigenvalue weighted by molar-refractivity contribution is -0.384. The molecule has 208 valence electrons. The van der Waals surface area contributed by atoms with Crippen LogP contribution in [0.1, 0.15) is 40.0 Å². The highest BCUT2D eigenvalue weighted by atomic mass is 32.2. The molecule has 4 rings (SSSR count). The Kier molecular flexibility index (Phi) is 8.74. The summed E-state index contributed by atoms with van der Waals surface area (Å²) in [4.78, 5) is 49.9. The van der Waals surface area contributed by atoms with Gasteiger partial charge in [0.2, 0.25) is 5.91 Å². The van der Waals surface area contributed by atoms with E-state index in [4.69, 9.17) is 0 Å². The number of nitro benzene ring substituents is 1. The molecule has 1 aliphatic heterocycles. The van der Waals surface area contributed by atoms with Crippen LogP contribution in [0.15, 0.2) is 77.7 Å². The van der Waals surface area contributed by atoms with Crippen LogP contribution in [0.25, 0.3) is 0 Å². The van der Waals surface area contributed by atoms with Crippen molar-refractivity contribution < 1.29 is 27.7 Å². The lowest BCUT2D eigenvalue weighted by Gasteiger charge is -2.15. The van der Waals surface area contributed by atoms with Gasteiger partial charge < -0.3 is 15.5 Å². The molecule has 0 spiro atoms. The summed E-state index contributed by atoms with van der Waals surface area (Å²) >= 11 is 0. The summed E-state index contributed by atoms with van der Waals surface area (Å²) in [6.07, 6.45) is 2.01. The van der Waals surface area contributed by atoms with E-state index in [1.54, 1.807) is 11.0 Å². The topological polar surface area (TPSA) is 168 Å². The zero-order valence-corrected chi connectivity index (χ0v) is 22.1. The smallest absolute Gasteiger partial charge is 0.293 e. The molecule has 12 nitrogen and oxygen atoms in total. The molecular weight excluding hydrogens is 538 g/mol. The maximum atomic E-state index is 12.8. The third-order valence-electron chi connectivity index (χ3n) is 6.21. The molecule has 0 aliphatic carbocycles. The van der Waals surface area contributed by atoms with Crippen LogP contribution in [0.2, 0.25) is 0 Å². The number of nitro groups is 1. The van der Waals surface area contributed by atoms with Crippen LogP contribution in [0.3, 0.4) is 0 Å². The molecule has 0 atom stereocenters. The van der Waals surface area contributed by atoms with E-state index in [-0.39, 0.29) is 39.0 Å². The lowest BCUT2D eigenvalue weighted by atomic mass is 10.1. The molecule has 1 saturated heterocycles. The fourth-order valence-corrected chi connectivity index (χ4v) is 5.18. The zero-order chi connectivity index (χ0) is 28.7. The number of likely N-dealkylation sites (tertiary alicyclic amines) is 1. The first-order valence-corrected chi connectivity index (χ1v) is 14.0. The summed E-state index contributed by atoms with van der Waals surface area (Å²) in [6.45, 7) is 1.70. The summed E-state index contributed by atoms with van der Waals surface area (Å²) in [6, 6.07) is 17.1. The molecule has 0 saturated carbocycles. The monoisotopic (exact) mass is 565 g/mol. The van der Waals surface area contributed by atoms with Crippen molar-refractivity contribution in [3.63, 3.8) is 0 Å². The molecule has 3 aromatic carbocycles. The van der Waals surface area contributed by atoms with Crippen LogP contribution >= 0.6 is 0 Å². The Bertz CT molecular complexity index is 1540. The van der Waals surface area contributed by atoms with E-state index in [1.807, 2.05) is 4.72 Å². The average molecular weight is 566 g/mol. The Morgan fingerprint density at radius 1 is 0.950 bits per heavy atom. The quantitative estimate of drug-likeness (QED) is 0.181. The number of anilines is 2. The Morgan fingerprint density at radius 3 is 2.40 bits per heavy atom. The maximum absolute atomic E-state index is 12.8. The number of nitrogens with one attached hydrogen (secondary N) is 3. The van der Waals surface area contributed by atoms with Crippen LogP contribution < -0.4 is 15.4 Å². The first-order chi connectivity index (χ1) is 19.1. The number of carbonyl (C=O) groups is 3. The number of hydrogen-bond donors (Lipinski definition) is 3. The van der Waals surface area contributed by atoms with E-state index >= 15 is 0 Å². The maximum Gasteiger partial charge on any atom is 0.293 e. The Labute approximate surface area is 230 Å². The van der Waals surface area contributed by atoms with Gasteiger partial charge in [0.25, 0.3) is 27.5 Å². The van der Waals surface area contributed by atoms with Crippen molar-refractivity contribution in [3.05, 3.63) is 94.0 Å². The molecule has 3 amide bonds. The molecule has 0 bridgehead atoms. The van der Waals surface area contributed by atoms with E-state index < -0.39 is 26.8 Å². The van der Waals surface area contributed by atoms with Gasteiger partial charge in [-0.25, -0.2) is 13.1 Å². The average Bonchev–Trinajstić information content (AvgIpc) is 3.35. The molecule has 1 aliphatic rings. The number of benzene rings is 3. The van der Waals surface area contributed by atoms with Crippen LogP contribution in [0.4, 0.5) is 17.1 Å². The number of sulfonamides is 1. The minimum absolute atomic E-state index is 0.0152. The van der Waals surface area contributed by atoms with E-state index in [0.717, 1.165) is 19.0 Å². The Morgan fingerprint density at radius 2 is 1.70 bits per heavy atom. The summed E-state index contributed by atoms with van der Waals surface area (Å²) < 4.78 is 26.9. The fourth-order valence-electron chi connectivity index (χ4n) is 4.19. The van der Waals surface area contributed by atoms with Crippen molar-refractivity contribution in [2.75, 3.05) is 30.3 Å². The largest absolute Gasteiger partial charge is 0.379 e. The van der Waals surface area contributed by atoms with E-state index in [9.17, 15) is 32.9 Å². The molecule has 0 aromatic heterocycles. The van der Waals surface area contributed by atoms with Gasteiger partial charge in [-0.3, -0.25) is 24.5 Å². The van der Waals surface area contributed by atoms with Crippen LogP contribution in [0, 0.1) is 10.1 Å². The first kappa shape index (κ1) is 28.2. The van der Waals surface area contributed by atoms with Gasteiger partial charge in [0.1, 0.15) is 5.69 Å². The first-order valence-electron chi connectivity index (χ1n) is 12.5. The molecule has 13 heteroatoms. The van der Waals surface area contributed by atoms with Crippen molar-refractivity contribution in [2.45, 2.75) is 24.2 Å². The molecule has 1 heterocycles. The van der Waals surface area contributed by atoms with Gasteiger partial charge in [-0.15, -0.1) is 0 Å². The highest BCUT2D eigenvalue weighted by Crippen LogP contribution is 2.26. The van der Waals surface area contributed by atoms with Crippen molar-refractivity contribution in [3.8, 4) is 0 Å². The molecule has 0 radical (unpaired) electrons.